The molecule has 7 N–H and O–H groups in total. The van der Waals surface area contributed by atoms with Crippen LogP contribution in [-0.2, 0) is 14.0 Å². The van der Waals surface area contributed by atoms with Gasteiger partial charge in [-0.3, -0.25) is 0 Å². The first-order valence-corrected chi connectivity index (χ1v) is 40.6. The van der Waals surface area contributed by atoms with Crippen molar-refractivity contribution in [3.63, 3.8) is 0 Å². The minimum Gasteiger partial charge on any atom is -0.394 e. The molecule has 0 heterocycles. The number of hydrogen-bond donors (Lipinski definition) is 7. The highest BCUT2D eigenvalue weighted by molar-refractivity contribution is 7.45. The van der Waals surface area contributed by atoms with E-state index in [9.17, 15) is 20.4 Å². The first-order chi connectivity index (χ1) is 42.5. The quantitative estimate of drug-likeness (QED) is 0.0229. The van der Waals surface area contributed by atoms with Gasteiger partial charge in [-0.15, -0.1) is 0 Å². The normalized spacial score (nSPS) is 13.1. The number of hydrogen-bond acceptors (Lipinski definition) is 7. The Labute approximate surface area is 543 Å². The summed E-state index contributed by atoms with van der Waals surface area (Å²) in [6, 6.07) is 0. The van der Waals surface area contributed by atoms with Crippen LogP contribution in [0.1, 0.15) is 426 Å². The summed E-state index contributed by atoms with van der Waals surface area (Å²) in [7, 11) is -4.64. The second-order valence-electron chi connectivity index (χ2n) is 27.0. The van der Waals surface area contributed by atoms with Gasteiger partial charge >= 0.3 is 7.82 Å². The zero-order chi connectivity index (χ0) is 64.3. The lowest BCUT2D eigenvalue weighted by Gasteiger charge is -2.21. The van der Waals surface area contributed by atoms with Gasteiger partial charge in [-0.2, -0.15) is 0 Å². The van der Waals surface area contributed by atoms with Crippen LogP contribution >= 0.6 is 7.82 Å². The van der Waals surface area contributed by atoms with Crippen LogP contribution in [-0.4, -0.2) is 87.0 Å². The molecule has 0 aliphatic heterocycles. The molecule has 0 radical (unpaired) electrons. The van der Waals surface area contributed by atoms with Gasteiger partial charge in [0.05, 0.1) is 25.4 Å². The van der Waals surface area contributed by atoms with Crippen molar-refractivity contribution in [1.29, 1.82) is 0 Å². The molecule has 87 heavy (non-hydrogen) atoms. The van der Waals surface area contributed by atoms with Gasteiger partial charge in [0.15, 0.2) is 0 Å². The van der Waals surface area contributed by atoms with Crippen LogP contribution < -0.4 is 0 Å². The molecule has 528 valence electrons. The van der Waals surface area contributed by atoms with Crippen LogP contribution in [0, 0.1) is 11.8 Å². The zero-order valence-corrected chi connectivity index (χ0v) is 60.1. The van der Waals surface area contributed by atoms with Gasteiger partial charge in [0, 0.05) is 26.4 Å². The van der Waals surface area contributed by atoms with Gasteiger partial charge in [-0.25, -0.2) is 4.57 Å². The third kappa shape index (κ3) is 85.9. The second-order valence-corrected chi connectivity index (χ2v) is 28.0. The number of unbranched alkanes of at least 4 members (excludes halogenated alkanes) is 52. The fraction of sp³-hybridized carbons (Fsp3) is 1.00. The molecule has 0 aromatic heterocycles. The molecule has 0 amide bonds. The van der Waals surface area contributed by atoms with Crippen LogP contribution in [0.4, 0.5) is 0 Å². The van der Waals surface area contributed by atoms with Gasteiger partial charge in [0.25, 0.3) is 0 Å². The van der Waals surface area contributed by atoms with E-state index in [0.717, 1.165) is 65.0 Å². The minimum absolute atomic E-state index is 0.108. The first kappa shape index (κ1) is 91.1. The highest BCUT2D eigenvalue weighted by Gasteiger charge is 2.19. The summed E-state index contributed by atoms with van der Waals surface area (Å²) in [5.41, 5.74) is 0. The van der Waals surface area contributed by atoms with Gasteiger partial charge < -0.3 is 44.6 Å². The van der Waals surface area contributed by atoms with E-state index >= 15 is 0 Å². The van der Waals surface area contributed by atoms with Crippen molar-refractivity contribution in [1.82, 2.24) is 0 Å². The van der Waals surface area contributed by atoms with E-state index in [1.807, 2.05) is 0 Å². The number of phosphoric acid groups is 1. The maximum atomic E-state index is 10.3. The summed E-state index contributed by atoms with van der Waals surface area (Å²) < 4.78 is 20.7. The zero-order valence-electron chi connectivity index (χ0n) is 59.2. The topological polar surface area (TPSA) is 177 Å². The Hall–Kier alpha value is -0.130. The molecule has 4 atom stereocenters. The molecule has 4 unspecified atom stereocenters. The van der Waals surface area contributed by atoms with Crippen molar-refractivity contribution in [3.8, 4) is 0 Å². The highest BCUT2D eigenvalue weighted by atomic mass is 31.2. The summed E-state index contributed by atoms with van der Waals surface area (Å²) in [5.74, 6) is 0.449. The molecule has 11 heteroatoms. The van der Waals surface area contributed by atoms with Crippen molar-refractivity contribution in [2.45, 2.75) is 438 Å². The van der Waals surface area contributed by atoms with Crippen molar-refractivity contribution < 1.29 is 49.1 Å². The largest absolute Gasteiger partial charge is 0.466 e. The fourth-order valence-corrected chi connectivity index (χ4v) is 12.5. The SMILES string of the molecule is CCCCCCCCCCCCCCCCCCOCCCC(CCCCCCCCCCCCCC)C(O)CO.CCCCCCCCCCCCCCCCCCOCCCC(CCCCCCCCCCCCCC)C(O)CO.O=P(O)(O)O. The van der Waals surface area contributed by atoms with E-state index in [2.05, 4.69) is 27.7 Å². The molecule has 0 aromatic rings. The lowest BCUT2D eigenvalue weighted by atomic mass is 9.91. The molecule has 0 saturated heterocycles. The highest BCUT2D eigenvalue weighted by Crippen LogP contribution is 2.26. The van der Waals surface area contributed by atoms with Crippen LogP contribution in [0.5, 0.6) is 0 Å². The molecule has 0 fully saturated rings. The number of ether oxygens (including phenoxy) is 2. The molecule has 0 aliphatic carbocycles. The Kier molecular flexibility index (Phi) is 83.8. The van der Waals surface area contributed by atoms with Gasteiger partial charge in [0.1, 0.15) is 0 Å². The summed E-state index contributed by atoms with van der Waals surface area (Å²) >= 11 is 0. The number of aliphatic hydroxyl groups is 4. The van der Waals surface area contributed by atoms with Gasteiger partial charge in [-0.05, 0) is 63.2 Å². The summed E-state index contributed by atoms with van der Waals surface area (Å²) in [5, 5.41) is 39.5. The van der Waals surface area contributed by atoms with Crippen molar-refractivity contribution in [2.24, 2.45) is 11.8 Å². The molecule has 0 spiro atoms. The lowest BCUT2D eigenvalue weighted by molar-refractivity contribution is 0.0335. The molecule has 0 aliphatic rings. The van der Waals surface area contributed by atoms with Crippen LogP contribution in [0.3, 0.4) is 0 Å². The molecule has 0 aromatic carbocycles. The van der Waals surface area contributed by atoms with Gasteiger partial charge in [0.2, 0.25) is 0 Å². The molecule has 0 bridgehead atoms. The third-order valence-electron chi connectivity index (χ3n) is 18.3. The Morgan fingerprint density at radius 3 is 0.552 bits per heavy atom. The summed E-state index contributed by atoms with van der Waals surface area (Å²) in [6.07, 6.45) is 82.3. The van der Waals surface area contributed by atoms with E-state index in [-0.39, 0.29) is 25.0 Å². The number of rotatable bonds is 72. The van der Waals surface area contributed by atoms with E-state index in [4.69, 9.17) is 28.7 Å². The van der Waals surface area contributed by atoms with E-state index in [1.54, 1.807) is 0 Å². The third-order valence-corrected chi connectivity index (χ3v) is 18.3. The van der Waals surface area contributed by atoms with Crippen LogP contribution in [0.25, 0.3) is 0 Å². The van der Waals surface area contributed by atoms with E-state index < -0.39 is 20.0 Å². The van der Waals surface area contributed by atoms with Crippen molar-refractivity contribution in [3.05, 3.63) is 0 Å². The fourth-order valence-electron chi connectivity index (χ4n) is 12.5. The Morgan fingerprint density at radius 1 is 0.241 bits per heavy atom. The van der Waals surface area contributed by atoms with E-state index in [1.165, 1.54) is 360 Å². The maximum Gasteiger partial charge on any atom is 0.466 e. The molecule has 10 nitrogen and oxygen atoms in total. The average Bonchev–Trinajstić information content (AvgIpc) is 3.55. The Bertz CT molecular complexity index is 1150. The standard InChI is InChI=1S/2C38H78O3.H3O4P/c2*1-3-5-7-9-11-13-15-17-18-19-20-22-24-26-28-30-34-41-35-31-33-37(38(40)36-39)32-29-27-25-23-21-16-14-12-10-8-6-4-2;1-5(2,3)4/h2*37-40H,3-36H2,1-2H3;(H3,1,2,3,4). The first-order valence-electron chi connectivity index (χ1n) is 39.0. The van der Waals surface area contributed by atoms with Crippen LogP contribution in [0.15, 0.2) is 0 Å². The van der Waals surface area contributed by atoms with Crippen molar-refractivity contribution in [2.75, 3.05) is 39.6 Å². The Balaban J connectivity index is -0.00000150. The predicted molar refractivity (Wildman–Crippen MR) is 378 cm³/mol. The summed E-state index contributed by atoms with van der Waals surface area (Å²) in [4.78, 5) is 21.6. The number of aliphatic hydroxyl groups excluding tert-OH is 4. The summed E-state index contributed by atoms with van der Waals surface area (Å²) in [6.45, 7) is 12.3. The monoisotopic (exact) mass is 1260 g/mol. The minimum atomic E-state index is -4.64. The molecule has 0 rings (SSSR count). The maximum absolute atomic E-state index is 10.3. The average molecular weight is 1260 g/mol. The lowest BCUT2D eigenvalue weighted by Crippen LogP contribution is -2.24. The van der Waals surface area contributed by atoms with E-state index in [0.29, 0.717) is 0 Å². The second kappa shape index (κ2) is 80.1. The van der Waals surface area contributed by atoms with Gasteiger partial charge in [-0.1, -0.05) is 374 Å². The van der Waals surface area contributed by atoms with Crippen molar-refractivity contribution >= 4 is 7.82 Å². The Morgan fingerprint density at radius 2 is 0.379 bits per heavy atom. The molecular formula is C76H159O10P. The smallest absolute Gasteiger partial charge is 0.394 e. The molecular weight excluding hydrogens is 1100 g/mol. The van der Waals surface area contributed by atoms with Crippen LogP contribution in [0.2, 0.25) is 0 Å². The predicted octanol–water partition coefficient (Wildman–Crippen LogP) is 23.3. The molecule has 0 saturated carbocycles.